The summed E-state index contributed by atoms with van der Waals surface area (Å²) >= 11 is 0. The zero-order valence-electron chi connectivity index (χ0n) is 11.5. The zero-order valence-corrected chi connectivity index (χ0v) is 11.5. The van der Waals surface area contributed by atoms with Crippen molar-refractivity contribution in [3.63, 3.8) is 0 Å². The van der Waals surface area contributed by atoms with Crippen LogP contribution >= 0.6 is 0 Å². The van der Waals surface area contributed by atoms with Crippen LogP contribution in [0.5, 0.6) is 5.75 Å². The van der Waals surface area contributed by atoms with Crippen molar-refractivity contribution in [3.05, 3.63) is 59.2 Å². The topological polar surface area (TPSA) is 85.3 Å². The molecule has 0 amide bonds. The van der Waals surface area contributed by atoms with Crippen LogP contribution in [0.1, 0.15) is 21.5 Å². The van der Waals surface area contributed by atoms with Gasteiger partial charge in [-0.05, 0) is 35.9 Å². The quantitative estimate of drug-likeness (QED) is 0.688. The first-order valence-corrected chi connectivity index (χ1v) is 6.23. The molecule has 21 heavy (non-hydrogen) atoms. The minimum Gasteiger partial charge on any atom is -0.495 e. The molecule has 0 radical (unpaired) electrons. The lowest BCUT2D eigenvalue weighted by atomic mass is 10.1. The number of ether oxygens (including phenoxy) is 2. The Labute approximate surface area is 122 Å². The van der Waals surface area contributed by atoms with E-state index in [9.17, 15) is 4.79 Å². The van der Waals surface area contributed by atoms with E-state index in [1.54, 1.807) is 36.4 Å². The zero-order chi connectivity index (χ0) is 15.2. The van der Waals surface area contributed by atoms with E-state index in [4.69, 9.17) is 20.5 Å². The molecule has 0 spiro atoms. The Hall–Kier alpha value is -3.00. The molecule has 0 aliphatic heterocycles. The maximum absolute atomic E-state index is 12.0. The van der Waals surface area contributed by atoms with Crippen LogP contribution in [0.15, 0.2) is 42.5 Å². The van der Waals surface area contributed by atoms with Crippen molar-refractivity contribution in [2.45, 2.75) is 6.61 Å². The lowest BCUT2D eigenvalue weighted by Crippen LogP contribution is -2.06. The van der Waals surface area contributed by atoms with Gasteiger partial charge in [-0.1, -0.05) is 12.1 Å². The minimum atomic E-state index is -0.476. The molecule has 2 rings (SSSR count). The van der Waals surface area contributed by atoms with E-state index in [1.165, 1.54) is 13.2 Å². The Morgan fingerprint density at radius 2 is 2.10 bits per heavy atom. The van der Waals surface area contributed by atoms with Gasteiger partial charge >= 0.3 is 5.97 Å². The van der Waals surface area contributed by atoms with Gasteiger partial charge in [0, 0.05) is 0 Å². The normalized spacial score (nSPS) is 9.71. The number of hydrogen-bond acceptors (Lipinski definition) is 5. The predicted molar refractivity (Wildman–Crippen MR) is 77.7 cm³/mol. The molecule has 5 nitrogen and oxygen atoms in total. The molecule has 0 unspecified atom stereocenters. The highest BCUT2D eigenvalue weighted by Gasteiger charge is 2.10. The summed E-state index contributed by atoms with van der Waals surface area (Å²) in [6, 6.07) is 13.6. The molecular weight excluding hydrogens is 268 g/mol. The molecule has 0 fully saturated rings. The Morgan fingerprint density at radius 1 is 1.29 bits per heavy atom. The van der Waals surface area contributed by atoms with Crippen LogP contribution in [-0.2, 0) is 11.3 Å². The van der Waals surface area contributed by atoms with Crippen LogP contribution in [0.2, 0.25) is 0 Å². The van der Waals surface area contributed by atoms with Crippen molar-refractivity contribution in [2.75, 3.05) is 12.8 Å². The van der Waals surface area contributed by atoms with Crippen molar-refractivity contribution >= 4 is 11.7 Å². The maximum Gasteiger partial charge on any atom is 0.338 e. The van der Waals surface area contributed by atoms with Crippen LogP contribution < -0.4 is 10.5 Å². The van der Waals surface area contributed by atoms with Crippen molar-refractivity contribution in [3.8, 4) is 11.8 Å². The van der Waals surface area contributed by atoms with Crippen molar-refractivity contribution < 1.29 is 14.3 Å². The van der Waals surface area contributed by atoms with E-state index in [-0.39, 0.29) is 6.61 Å². The Balaban J connectivity index is 2.06. The number of nitriles is 1. The number of rotatable bonds is 4. The molecule has 0 saturated heterocycles. The van der Waals surface area contributed by atoms with Gasteiger partial charge in [-0.2, -0.15) is 5.26 Å². The average Bonchev–Trinajstić information content (AvgIpc) is 2.53. The van der Waals surface area contributed by atoms with Crippen LogP contribution in [0, 0.1) is 11.3 Å². The number of nitrogen functional groups attached to an aromatic ring is 1. The second-order valence-corrected chi connectivity index (χ2v) is 4.35. The lowest BCUT2D eigenvalue weighted by Gasteiger charge is -2.08. The summed E-state index contributed by atoms with van der Waals surface area (Å²) in [7, 11) is 1.48. The van der Waals surface area contributed by atoms with E-state index in [2.05, 4.69) is 0 Å². The standard InChI is InChI=1S/C16H14N2O3/c1-20-15-8-13(5-6-14(15)18)16(19)21-10-12-4-2-3-11(7-12)9-17/h2-8H,10,18H2,1H3. The average molecular weight is 282 g/mol. The number of carbonyl (C=O) groups is 1. The van der Waals surface area contributed by atoms with Crippen LogP contribution in [-0.4, -0.2) is 13.1 Å². The minimum absolute atomic E-state index is 0.0983. The van der Waals surface area contributed by atoms with E-state index >= 15 is 0 Å². The Bertz CT molecular complexity index is 705. The summed E-state index contributed by atoms with van der Waals surface area (Å²) in [6.45, 7) is 0.0983. The smallest absolute Gasteiger partial charge is 0.338 e. The number of methoxy groups -OCH3 is 1. The fourth-order valence-corrected chi connectivity index (χ4v) is 1.80. The summed E-state index contributed by atoms with van der Waals surface area (Å²) in [6.07, 6.45) is 0. The van der Waals surface area contributed by atoms with Gasteiger partial charge < -0.3 is 15.2 Å². The van der Waals surface area contributed by atoms with Gasteiger partial charge in [0.15, 0.2) is 0 Å². The van der Waals surface area contributed by atoms with E-state index in [0.717, 1.165) is 5.56 Å². The largest absolute Gasteiger partial charge is 0.495 e. The van der Waals surface area contributed by atoms with Gasteiger partial charge in [0.25, 0.3) is 0 Å². The van der Waals surface area contributed by atoms with Gasteiger partial charge in [-0.25, -0.2) is 4.79 Å². The molecule has 2 aromatic carbocycles. The lowest BCUT2D eigenvalue weighted by molar-refractivity contribution is 0.0472. The molecule has 0 aromatic heterocycles. The van der Waals surface area contributed by atoms with Gasteiger partial charge in [-0.15, -0.1) is 0 Å². The van der Waals surface area contributed by atoms with Crippen LogP contribution in [0.3, 0.4) is 0 Å². The van der Waals surface area contributed by atoms with Gasteiger partial charge in [0.1, 0.15) is 12.4 Å². The number of nitrogens with zero attached hydrogens (tertiary/aromatic N) is 1. The molecule has 0 aliphatic carbocycles. The highest BCUT2D eigenvalue weighted by molar-refractivity contribution is 5.90. The second-order valence-electron chi connectivity index (χ2n) is 4.35. The van der Waals surface area contributed by atoms with E-state index in [1.807, 2.05) is 6.07 Å². The van der Waals surface area contributed by atoms with Crippen LogP contribution in [0.4, 0.5) is 5.69 Å². The van der Waals surface area contributed by atoms with Crippen molar-refractivity contribution in [1.82, 2.24) is 0 Å². The van der Waals surface area contributed by atoms with Crippen molar-refractivity contribution in [1.29, 1.82) is 5.26 Å². The van der Waals surface area contributed by atoms with Crippen molar-refractivity contribution in [2.24, 2.45) is 0 Å². The van der Waals surface area contributed by atoms with Gasteiger partial charge in [0.2, 0.25) is 0 Å². The Kier molecular flexibility index (Phi) is 4.42. The summed E-state index contributed by atoms with van der Waals surface area (Å²) in [5.41, 5.74) is 7.78. The second kappa shape index (κ2) is 6.44. The number of esters is 1. The number of nitrogens with two attached hydrogens (primary N) is 1. The van der Waals surface area contributed by atoms with E-state index in [0.29, 0.717) is 22.6 Å². The molecule has 0 saturated carbocycles. The SMILES string of the molecule is COc1cc(C(=O)OCc2cccc(C#N)c2)ccc1N. The first-order valence-electron chi connectivity index (χ1n) is 6.23. The summed E-state index contributed by atoms with van der Waals surface area (Å²) in [4.78, 5) is 12.0. The summed E-state index contributed by atoms with van der Waals surface area (Å²) in [5.74, 6) is -0.0495. The highest BCUT2D eigenvalue weighted by Crippen LogP contribution is 2.22. The monoisotopic (exact) mass is 282 g/mol. The van der Waals surface area contributed by atoms with Gasteiger partial charge in [0.05, 0.1) is 30.0 Å². The highest BCUT2D eigenvalue weighted by atomic mass is 16.5. The van der Waals surface area contributed by atoms with Crippen LogP contribution in [0.25, 0.3) is 0 Å². The molecule has 2 N–H and O–H groups in total. The molecule has 0 atom stereocenters. The molecule has 0 heterocycles. The third kappa shape index (κ3) is 3.51. The number of hydrogen-bond donors (Lipinski definition) is 1. The fourth-order valence-electron chi connectivity index (χ4n) is 1.80. The molecule has 2 aromatic rings. The molecular formula is C16H14N2O3. The Morgan fingerprint density at radius 3 is 2.81 bits per heavy atom. The maximum atomic E-state index is 12.0. The number of benzene rings is 2. The van der Waals surface area contributed by atoms with E-state index < -0.39 is 5.97 Å². The first-order chi connectivity index (χ1) is 10.1. The predicted octanol–water partition coefficient (Wildman–Crippen LogP) is 2.51. The summed E-state index contributed by atoms with van der Waals surface area (Å²) in [5, 5.41) is 8.82. The third-order valence-corrected chi connectivity index (χ3v) is 2.90. The number of anilines is 1. The molecule has 106 valence electrons. The van der Waals surface area contributed by atoms with Gasteiger partial charge in [-0.3, -0.25) is 0 Å². The molecule has 0 aliphatic rings. The first kappa shape index (κ1) is 14.4. The number of carbonyl (C=O) groups excluding carboxylic acids is 1. The summed E-state index contributed by atoms with van der Waals surface area (Å²) < 4.78 is 10.3. The third-order valence-electron chi connectivity index (χ3n) is 2.90. The molecule has 0 bridgehead atoms. The molecule has 5 heteroatoms. The fraction of sp³-hybridized carbons (Fsp3) is 0.125.